The number of hydrogen-bond acceptors (Lipinski definition) is 3. The molecule has 4 heteroatoms. The number of carbonyl (C=O) groups is 1. The van der Waals surface area contributed by atoms with Gasteiger partial charge in [-0.15, -0.1) is 0 Å². The van der Waals surface area contributed by atoms with Crippen LogP contribution in [-0.4, -0.2) is 11.1 Å². The first-order valence-electron chi connectivity index (χ1n) is 4.35. The van der Waals surface area contributed by atoms with E-state index in [4.69, 9.17) is 0 Å². The van der Waals surface area contributed by atoms with E-state index in [1.807, 2.05) is 0 Å². The van der Waals surface area contributed by atoms with Gasteiger partial charge in [0, 0.05) is 10.6 Å². The monoisotopic (exact) mass is 210 g/mol. The van der Waals surface area contributed by atoms with E-state index < -0.39 is 5.97 Å². The second-order valence-corrected chi connectivity index (χ2v) is 3.22. The summed E-state index contributed by atoms with van der Waals surface area (Å²) in [6.45, 7) is 3.57. The van der Waals surface area contributed by atoms with Gasteiger partial charge in [0.05, 0.1) is 0 Å². The number of aryl methyl sites for hydroxylation is 2. The maximum absolute atomic E-state index is 11.4. The van der Waals surface area contributed by atoms with Gasteiger partial charge in [0.25, 0.3) is 0 Å². The third-order valence-corrected chi connectivity index (χ3v) is 2.04. The van der Waals surface area contributed by atoms with Crippen LogP contribution in [0.5, 0.6) is 5.75 Å². The molecule has 0 atom stereocenters. The van der Waals surface area contributed by atoms with E-state index in [-0.39, 0.29) is 5.75 Å². The highest BCUT2D eigenvalue weighted by Crippen LogP contribution is 2.21. The summed E-state index contributed by atoms with van der Waals surface area (Å²) in [5.41, 5.74) is 2.36. The average molecular weight is 210 g/mol. The molecule has 0 aromatic heterocycles. The summed E-state index contributed by atoms with van der Waals surface area (Å²) in [6.07, 6.45) is 2.44. The molecule has 1 N–H and O–H groups in total. The van der Waals surface area contributed by atoms with Crippen LogP contribution >= 0.6 is 0 Å². The molecule has 0 saturated heterocycles. The zero-order valence-corrected chi connectivity index (χ0v) is 8.45. The number of phenols is 1. The van der Waals surface area contributed by atoms with Crippen LogP contribution in [0.3, 0.4) is 0 Å². The van der Waals surface area contributed by atoms with Crippen LogP contribution in [0, 0.1) is 13.8 Å². The standard InChI is InChI=1S/C11H11FO3/c1-7-5-9(13)6-8(2)10(7)3-4-11(14)15-12/h3-6,13H,1-2H3/b4-3+. The van der Waals surface area contributed by atoms with Crippen molar-refractivity contribution in [2.24, 2.45) is 0 Å². The summed E-state index contributed by atoms with van der Waals surface area (Å²) >= 11 is 0. The van der Waals surface area contributed by atoms with Crippen molar-refractivity contribution in [1.29, 1.82) is 0 Å². The molecule has 1 aromatic rings. The van der Waals surface area contributed by atoms with Crippen LogP contribution in [-0.2, 0) is 9.74 Å². The Hall–Kier alpha value is -1.84. The first-order chi connectivity index (χ1) is 7.04. The van der Waals surface area contributed by atoms with E-state index in [0.29, 0.717) is 0 Å². The molecule has 0 bridgehead atoms. The number of rotatable bonds is 2. The van der Waals surface area contributed by atoms with Gasteiger partial charge in [-0.1, -0.05) is 0 Å². The predicted molar refractivity (Wildman–Crippen MR) is 53.8 cm³/mol. The van der Waals surface area contributed by atoms with Gasteiger partial charge >= 0.3 is 5.97 Å². The fraction of sp³-hybridized carbons (Fsp3) is 0.182. The minimum absolute atomic E-state index is 0.162. The number of halogens is 1. The predicted octanol–water partition coefficient (Wildman–Crippen LogP) is 2.45. The van der Waals surface area contributed by atoms with Crippen LogP contribution in [0.4, 0.5) is 4.53 Å². The van der Waals surface area contributed by atoms with E-state index in [2.05, 4.69) is 4.94 Å². The summed E-state index contributed by atoms with van der Waals surface area (Å²) in [5, 5.41) is 9.27. The van der Waals surface area contributed by atoms with E-state index >= 15 is 0 Å². The largest absolute Gasteiger partial charge is 0.508 e. The zero-order chi connectivity index (χ0) is 11.4. The molecule has 0 unspecified atom stereocenters. The lowest BCUT2D eigenvalue weighted by Gasteiger charge is -2.05. The molecular formula is C11H11FO3. The Labute approximate surface area is 86.7 Å². The number of hydrogen-bond donors (Lipinski definition) is 1. The molecule has 3 nitrogen and oxygen atoms in total. The van der Waals surface area contributed by atoms with E-state index in [0.717, 1.165) is 22.8 Å². The van der Waals surface area contributed by atoms with Gasteiger partial charge in [0.1, 0.15) is 5.75 Å². The van der Waals surface area contributed by atoms with Crippen molar-refractivity contribution in [3.63, 3.8) is 0 Å². The molecule has 0 aliphatic rings. The maximum Gasteiger partial charge on any atom is 0.372 e. The van der Waals surface area contributed by atoms with Crippen LogP contribution in [0.15, 0.2) is 18.2 Å². The lowest BCUT2D eigenvalue weighted by Crippen LogP contribution is -1.92. The Kier molecular flexibility index (Phi) is 3.44. The molecule has 0 saturated carbocycles. The van der Waals surface area contributed by atoms with Crippen molar-refractivity contribution in [3.8, 4) is 5.75 Å². The highest BCUT2D eigenvalue weighted by molar-refractivity contribution is 5.87. The molecular weight excluding hydrogens is 199 g/mol. The first-order valence-corrected chi connectivity index (χ1v) is 4.35. The number of benzene rings is 1. The Bertz CT molecular complexity index is 387. The van der Waals surface area contributed by atoms with Gasteiger partial charge in [-0.3, -0.25) is 4.94 Å². The quantitative estimate of drug-likeness (QED) is 0.762. The first kappa shape index (κ1) is 11.2. The van der Waals surface area contributed by atoms with Crippen LogP contribution in [0.2, 0.25) is 0 Å². The second kappa shape index (κ2) is 4.59. The van der Waals surface area contributed by atoms with Gasteiger partial charge in [-0.25, -0.2) is 4.79 Å². The van der Waals surface area contributed by atoms with Crippen LogP contribution in [0.25, 0.3) is 6.08 Å². The third kappa shape index (κ3) is 2.80. The maximum atomic E-state index is 11.4. The summed E-state index contributed by atoms with van der Waals surface area (Å²) in [7, 11) is 0. The molecule has 0 aliphatic carbocycles. The van der Waals surface area contributed by atoms with E-state index in [9.17, 15) is 14.4 Å². The Balaban J connectivity index is 3.05. The molecule has 80 valence electrons. The van der Waals surface area contributed by atoms with Crippen molar-refractivity contribution >= 4 is 12.0 Å². The molecule has 0 spiro atoms. The minimum Gasteiger partial charge on any atom is -0.508 e. The highest BCUT2D eigenvalue weighted by atomic mass is 19.3. The van der Waals surface area contributed by atoms with Gasteiger partial charge < -0.3 is 5.11 Å². The fourth-order valence-electron chi connectivity index (χ4n) is 1.39. The number of carbonyl (C=O) groups excluding carboxylic acids is 1. The molecule has 1 aromatic carbocycles. The molecule has 1 rings (SSSR count). The topological polar surface area (TPSA) is 46.5 Å². The Morgan fingerprint density at radius 2 is 1.93 bits per heavy atom. The highest BCUT2D eigenvalue weighted by Gasteiger charge is 2.03. The van der Waals surface area contributed by atoms with E-state index in [1.54, 1.807) is 26.0 Å². The van der Waals surface area contributed by atoms with Crippen LogP contribution < -0.4 is 0 Å². The molecule has 0 fully saturated rings. The normalized spacial score (nSPS) is 10.6. The Morgan fingerprint density at radius 3 is 2.40 bits per heavy atom. The van der Waals surface area contributed by atoms with Gasteiger partial charge in [0.2, 0.25) is 0 Å². The average Bonchev–Trinajstić information content (AvgIpc) is 2.15. The third-order valence-electron chi connectivity index (χ3n) is 2.04. The van der Waals surface area contributed by atoms with E-state index in [1.165, 1.54) is 6.08 Å². The summed E-state index contributed by atoms with van der Waals surface area (Å²) < 4.78 is 11.4. The van der Waals surface area contributed by atoms with Crippen molar-refractivity contribution < 1.29 is 19.4 Å². The minimum atomic E-state index is -1.05. The molecule has 0 aliphatic heterocycles. The second-order valence-electron chi connectivity index (χ2n) is 3.22. The lowest BCUT2D eigenvalue weighted by molar-refractivity contribution is -0.176. The molecule has 0 heterocycles. The fourth-order valence-corrected chi connectivity index (χ4v) is 1.39. The molecule has 0 amide bonds. The molecule has 15 heavy (non-hydrogen) atoms. The summed E-state index contributed by atoms with van der Waals surface area (Å²) in [4.78, 5) is 13.5. The zero-order valence-electron chi connectivity index (χ0n) is 8.45. The van der Waals surface area contributed by atoms with Gasteiger partial charge in [0.15, 0.2) is 0 Å². The van der Waals surface area contributed by atoms with Crippen molar-refractivity contribution in [2.45, 2.75) is 13.8 Å². The lowest BCUT2D eigenvalue weighted by atomic mass is 10.0. The Morgan fingerprint density at radius 1 is 1.40 bits per heavy atom. The SMILES string of the molecule is Cc1cc(O)cc(C)c1/C=C/C(=O)OF. The smallest absolute Gasteiger partial charge is 0.372 e. The number of phenolic OH excluding ortho intramolecular Hbond substituents is 1. The van der Waals surface area contributed by atoms with Crippen molar-refractivity contribution in [1.82, 2.24) is 0 Å². The van der Waals surface area contributed by atoms with Gasteiger partial charge in [-0.2, -0.15) is 0 Å². The molecule has 0 radical (unpaired) electrons. The number of aromatic hydroxyl groups is 1. The summed E-state index contributed by atoms with van der Waals surface area (Å²) in [6, 6.07) is 3.13. The van der Waals surface area contributed by atoms with Crippen molar-refractivity contribution in [2.75, 3.05) is 0 Å². The summed E-state index contributed by atoms with van der Waals surface area (Å²) in [5.74, 6) is -0.892. The van der Waals surface area contributed by atoms with Crippen molar-refractivity contribution in [3.05, 3.63) is 34.9 Å². The van der Waals surface area contributed by atoms with Gasteiger partial charge in [-0.05, 0) is 48.7 Å². The van der Waals surface area contributed by atoms with Crippen LogP contribution in [0.1, 0.15) is 16.7 Å².